The van der Waals surface area contributed by atoms with E-state index in [0.29, 0.717) is 0 Å². The van der Waals surface area contributed by atoms with Gasteiger partial charge in [0.15, 0.2) is 6.29 Å². The maximum absolute atomic E-state index is 11.7. The van der Waals surface area contributed by atoms with Crippen LogP contribution >= 0.6 is 0 Å². The predicted octanol–water partition coefficient (Wildman–Crippen LogP) is -2.30. The summed E-state index contributed by atoms with van der Waals surface area (Å²) in [5.41, 5.74) is -0.0999. The number of carboxylic acids is 1. The van der Waals surface area contributed by atoms with Crippen LogP contribution < -0.4 is 0 Å². The molecule has 0 aliphatic carbocycles. The van der Waals surface area contributed by atoms with Gasteiger partial charge in [0, 0.05) is 5.92 Å². The number of rotatable bonds is 4. The molecule has 3 heterocycles. The Morgan fingerprint density at radius 3 is 2.56 bits per heavy atom. The van der Waals surface area contributed by atoms with Gasteiger partial charge in [0.25, 0.3) is 0 Å². The fourth-order valence-electron chi connectivity index (χ4n) is 3.67. The number of fused-ring (bicyclic) bond motifs is 1. The minimum absolute atomic E-state index is 0.0999. The second-order valence-electron chi connectivity index (χ2n) is 6.80. The molecule has 3 aliphatic heterocycles. The normalized spacial score (nSPS) is 44.6. The third kappa shape index (κ3) is 3.66. The van der Waals surface area contributed by atoms with Gasteiger partial charge in [0.05, 0.1) is 30.8 Å². The highest BCUT2D eigenvalue weighted by molar-refractivity contribution is 5.88. The highest BCUT2D eigenvalue weighted by atomic mass is 16.8. The number of esters is 1. The van der Waals surface area contributed by atoms with Crippen molar-refractivity contribution in [3.63, 3.8) is 0 Å². The zero-order chi connectivity index (χ0) is 19.9. The van der Waals surface area contributed by atoms with E-state index in [1.807, 2.05) is 0 Å². The minimum Gasteiger partial charge on any atom is -0.478 e. The molecule has 0 spiro atoms. The zero-order valence-electron chi connectivity index (χ0n) is 14.4. The van der Waals surface area contributed by atoms with E-state index in [9.17, 15) is 35.1 Å². The molecule has 0 saturated carbocycles. The van der Waals surface area contributed by atoms with E-state index in [-0.39, 0.29) is 12.0 Å². The molecule has 2 fully saturated rings. The van der Waals surface area contributed by atoms with Gasteiger partial charge in [-0.3, -0.25) is 4.79 Å². The van der Waals surface area contributed by atoms with Gasteiger partial charge in [-0.05, 0) is 6.92 Å². The molecule has 0 bridgehead atoms. The Morgan fingerprint density at radius 1 is 1.22 bits per heavy atom. The van der Waals surface area contributed by atoms with E-state index < -0.39 is 73.5 Å². The first kappa shape index (κ1) is 20.0. The average molecular weight is 390 g/mol. The van der Waals surface area contributed by atoms with Crippen LogP contribution in [0.2, 0.25) is 0 Å². The second kappa shape index (κ2) is 7.70. The van der Waals surface area contributed by atoms with Crippen LogP contribution in [0.5, 0.6) is 0 Å². The summed E-state index contributed by atoms with van der Waals surface area (Å²) in [6.45, 7) is 0.936. The van der Waals surface area contributed by atoms with Gasteiger partial charge in [0.1, 0.15) is 30.5 Å². The Labute approximate surface area is 153 Å². The van der Waals surface area contributed by atoms with Crippen molar-refractivity contribution in [3.05, 3.63) is 11.8 Å². The molecule has 3 rings (SSSR count). The summed E-state index contributed by atoms with van der Waals surface area (Å²) < 4.78 is 21.4. The largest absolute Gasteiger partial charge is 0.478 e. The van der Waals surface area contributed by atoms with Gasteiger partial charge in [0.2, 0.25) is 6.29 Å². The van der Waals surface area contributed by atoms with Gasteiger partial charge in [-0.1, -0.05) is 0 Å². The molecule has 0 radical (unpaired) electrons. The summed E-state index contributed by atoms with van der Waals surface area (Å²) in [7, 11) is 0. The summed E-state index contributed by atoms with van der Waals surface area (Å²) in [6.07, 6.45) is -8.54. The molecule has 0 aromatic heterocycles. The lowest BCUT2D eigenvalue weighted by molar-refractivity contribution is -0.346. The molecule has 152 valence electrons. The first-order chi connectivity index (χ1) is 12.7. The van der Waals surface area contributed by atoms with Gasteiger partial charge in [-0.25, -0.2) is 4.79 Å². The average Bonchev–Trinajstić information content (AvgIpc) is 2.61. The standard InChI is InChI=1S/C16H22O11/c1-5-10-6(2-9(18)25-5)7(14(22)23)4-24-15(10)27-16-13(21)12(20)11(19)8(3-17)26-16/h4-6,8,10-13,15-17,19-21H,2-3H2,1H3,(H,22,23)/t5-,6+,8-,10+,11-,12+,13-,15+,16+/m1/s1. The van der Waals surface area contributed by atoms with Crippen molar-refractivity contribution in [2.75, 3.05) is 6.61 Å². The monoisotopic (exact) mass is 390 g/mol. The van der Waals surface area contributed by atoms with E-state index >= 15 is 0 Å². The summed E-state index contributed by atoms with van der Waals surface area (Å²) in [5, 5.41) is 48.4. The van der Waals surface area contributed by atoms with Crippen molar-refractivity contribution in [1.82, 2.24) is 0 Å². The number of hydrogen-bond donors (Lipinski definition) is 5. The van der Waals surface area contributed by atoms with Crippen molar-refractivity contribution in [1.29, 1.82) is 0 Å². The molecule has 0 amide bonds. The molecule has 11 heteroatoms. The number of aliphatic hydroxyl groups excluding tert-OH is 4. The van der Waals surface area contributed by atoms with Crippen LogP contribution in [0, 0.1) is 11.8 Å². The number of cyclic esters (lactones) is 1. The molecule has 0 aromatic rings. The van der Waals surface area contributed by atoms with Crippen LogP contribution in [0.25, 0.3) is 0 Å². The molecular weight excluding hydrogens is 368 g/mol. The number of carboxylic acid groups (broad SMARTS) is 1. The molecule has 27 heavy (non-hydrogen) atoms. The van der Waals surface area contributed by atoms with Crippen LogP contribution in [0.3, 0.4) is 0 Å². The molecule has 2 saturated heterocycles. The summed E-state index contributed by atoms with van der Waals surface area (Å²) in [4.78, 5) is 23.2. The van der Waals surface area contributed by atoms with E-state index in [0.717, 1.165) is 6.26 Å². The molecule has 5 N–H and O–H groups in total. The molecule has 3 aliphatic rings. The summed E-state index contributed by atoms with van der Waals surface area (Å²) >= 11 is 0. The Hall–Kier alpha value is -1.76. The van der Waals surface area contributed by atoms with Crippen LogP contribution in [0.15, 0.2) is 11.8 Å². The van der Waals surface area contributed by atoms with Crippen molar-refractivity contribution in [2.45, 2.75) is 56.4 Å². The highest BCUT2D eigenvalue weighted by Crippen LogP contribution is 2.41. The van der Waals surface area contributed by atoms with Crippen LogP contribution in [-0.4, -0.2) is 87.2 Å². The SMILES string of the molecule is C[C@H]1OC(=O)C[C@H]2C(C(=O)O)=CO[C@@H](O[C@@H]3O[C@H](CO)[C@@H](O)[C@H](O)[C@H]3O)[C@@H]12. The quantitative estimate of drug-likeness (QED) is 0.327. The van der Waals surface area contributed by atoms with E-state index in [4.69, 9.17) is 18.9 Å². The van der Waals surface area contributed by atoms with Crippen molar-refractivity contribution >= 4 is 11.9 Å². The third-order valence-electron chi connectivity index (χ3n) is 5.12. The number of carbonyl (C=O) groups excluding carboxylic acids is 1. The zero-order valence-corrected chi connectivity index (χ0v) is 14.4. The molecule has 0 unspecified atom stereocenters. The first-order valence-electron chi connectivity index (χ1n) is 8.48. The lowest BCUT2D eigenvalue weighted by Crippen LogP contribution is -2.61. The number of aliphatic hydroxyl groups is 4. The van der Waals surface area contributed by atoms with Crippen molar-refractivity contribution in [2.24, 2.45) is 11.8 Å². The van der Waals surface area contributed by atoms with E-state index in [2.05, 4.69) is 0 Å². The van der Waals surface area contributed by atoms with Gasteiger partial charge < -0.3 is 44.5 Å². The summed E-state index contributed by atoms with van der Waals surface area (Å²) in [5.74, 6) is -3.23. The Morgan fingerprint density at radius 2 is 1.93 bits per heavy atom. The van der Waals surface area contributed by atoms with Gasteiger partial charge >= 0.3 is 11.9 Å². The molecular formula is C16H22O11. The second-order valence-corrected chi connectivity index (χ2v) is 6.80. The fourth-order valence-corrected chi connectivity index (χ4v) is 3.67. The first-order valence-corrected chi connectivity index (χ1v) is 8.48. The Balaban J connectivity index is 1.82. The minimum atomic E-state index is -1.64. The number of carbonyl (C=O) groups is 2. The third-order valence-corrected chi connectivity index (χ3v) is 5.12. The Kier molecular flexibility index (Phi) is 5.70. The smallest absolute Gasteiger partial charge is 0.335 e. The highest BCUT2D eigenvalue weighted by Gasteiger charge is 2.51. The fraction of sp³-hybridized carbons (Fsp3) is 0.750. The van der Waals surface area contributed by atoms with Crippen LogP contribution in [0.4, 0.5) is 0 Å². The maximum Gasteiger partial charge on any atom is 0.335 e. The van der Waals surface area contributed by atoms with Crippen LogP contribution in [-0.2, 0) is 28.5 Å². The van der Waals surface area contributed by atoms with Crippen LogP contribution in [0.1, 0.15) is 13.3 Å². The van der Waals surface area contributed by atoms with Gasteiger partial charge in [-0.2, -0.15) is 0 Å². The van der Waals surface area contributed by atoms with Crippen molar-refractivity contribution in [3.8, 4) is 0 Å². The molecule has 9 atom stereocenters. The molecule has 11 nitrogen and oxygen atoms in total. The topological polar surface area (TPSA) is 172 Å². The number of aliphatic carboxylic acids is 1. The van der Waals surface area contributed by atoms with E-state index in [1.165, 1.54) is 0 Å². The van der Waals surface area contributed by atoms with Crippen molar-refractivity contribution < 1.29 is 54.1 Å². The molecule has 0 aromatic carbocycles. The van der Waals surface area contributed by atoms with E-state index in [1.54, 1.807) is 6.92 Å². The lowest BCUT2D eigenvalue weighted by Gasteiger charge is -2.45. The summed E-state index contributed by atoms with van der Waals surface area (Å²) in [6, 6.07) is 0. The Bertz CT molecular complexity index is 617. The predicted molar refractivity (Wildman–Crippen MR) is 82.6 cm³/mol. The number of ether oxygens (including phenoxy) is 4. The van der Waals surface area contributed by atoms with Gasteiger partial charge in [-0.15, -0.1) is 0 Å². The maximum atomic E-state index is 11.7. The lowest BCUT2D eigenvalue weighted by atomic mass is 9.77. The number of hydrogen-bond acceptors (Lipinski definition) is 10.